The van der Waals surface area contributed by atoms with E-state index in [0.717, 1.165) is 6.08 Å². The molecule has 0 fully saturated rings. The van der Waals surface area contributed by atoms with Crippen molar-refractivity contribution in [2.24, 2.45) is 0 Å². The number of carbonyl (C=O) groups is 2. The van der Waals surface area contributed by atoms with Gasteiger partial charge in [0.15, 0.2) is 5.82 Å². The fraction of sp³-hybridized carbons (Fsp3) is 0.296. The number of fused-ring (bicyclic) bond motifs is 1. The largest absolute Gasteiger partial charge is 0.398 e. The lowest BCUT2D eigenvalue weighted by molar-refractivity contribution is 0.0786. The van der Waals surface area contributed by atoms with Gasteiger partial charge in [0, 0.05) is 49.6 Å². The molecule has 1 unspecified atom stereocenters. The van der Waals surface area contributed by atoms with Gasteiger partial charge in [-0.1, -0.05) is 12.1 Å². The van der Waals surface area contributed by atoms with Gasteiger partial charge in [-0.05, 0) is 62.1 Å². The number of hydrogen-bond donors (Lipinski definition) is 3. The van der Waals surface area contributed by atoms with Crippen molar-refractivity contribution in [3.05, 3.63) is 77.1 Å². The quantitative estimate of drug-likeness (QED) is 0.397. The maximum absolute atomic E-state index is 15.1. The predicted octanol–water partition coefficient (Wildman–Crippen LogP) is 4.10. The van der Waals surface area contributed by atoms with Crippen molar-refractivity contribution in [3.63, 3.8) is 0 Å². The molecule has 0 saturated heterocycles. The first kappa shape index (κ1) is 26.0. The number of benzene rings is 2. The van der Waals surface area contributed by atoms with Crippen molar-refractivity contribution in [2.45, 2.75) is 18.5 Å². The van der Waals surface area contributed by atoms with Gasteiger partial charge < -0.3 is 20.9 Å². The number of amides is 2. The fourth-order valence-electron chi connectivity index (χ4n) is 4.20. The van der Waals surface area contributed by atoms with Gasteiger partial charge in [-0.15, -0.1) is 0 Å². The number of halogens is 2. The molecule has 2 amide bonds. The third kappa shape index (κ3) is 6.03. The molecule has 0 aliphatic heterocycles. The Labute approximate surface area is 213 Å². The second kappa shape index (κ2) is 10.5. The Morgan fingerprint density at radius 1 is 1.16 bits per heavy atom. The van der Waals surface area contributed by atoms with Crippen molar-refractivity contribution in [3.8, 4) is 0 Å². The van der Waals surface area contributed by atoms with Gasteiger partial charge in [-0.25, -0.2) is 8.78 Å². The third-order valence-corrected chi connectivity index (χ3v) is 6.26. The van der Waals surface area contributed by atoms with E-state index in [-0.39, 0.29) is 35.8 Å². The number of aromatic nitrogens is 2. The monoisotopic (exact) mass is 508 g/mol. The van der Waals surface area contributed by atoms with E-state index >= 15 is 4.39 Å². The van der Waals surface area contributed by atoms with Crippen molar-refractivity contribution in [1.82, 2.24) is 20.0 Å². The van der Waals surface area contributed by atoms with Crippen LogP contribution in [0.4, 0.5) is 20.3 Å². The summed E-state index contributed by atoms with van der Waals surface area (Å²) in [5.74, 6) is -1.04. The number of likely N-dealkylation sites (N-methyl/N-ethyl adjacent to an activating group) is 2. The molecule has 1 heterocycles. The van der Waals surface area contributed by atoms with E-state index in [1.807, 2.05) is 19.0 Å². The summed E-state index contributed by atoms with van der Waals surface area (Å²) in [6.45, 7) is 1.27. The van der Waals surface area contributed by atoms with Crippen LogP contribution >= 0.6 is 0 Å². The lowest BCUT2D eigenvalue weighted by atomic mass is 9.89. The maximum atomic E-state index is 15.1. The van der Waals surface area contributed by atoms with Crippen LogP contribution in [0.1, 0.15) is 32.7 Å². The van der Waals surface area contributed by atoms with Gasteiger partial charge in [-0.2, -0.15) is 5.10 Å². The average molecular weight is 509 g/mol. The smallest absolute Gasteiger partial charge is 0.258 e. The van der Waals surface area contributed by atoms with Crippen LogP contribution in [0.3, 0.4) is 0 Å². The summed E-state index contributed by atoms with van der Waals surface area (Å²) in [5, 5.41) is 10.3. The number of nitrogens with two attached hydrogens (primary N) is 1. The lowest BCUT2D eigenvalue weighted by Gasteiger charge is -2.22. The van der Waals surface area contributed by atoms with Crippen molar-refractivity contribution in [2.75, 3.05) is 45.3 Å². The molecule has 0 radical (unpaired) electrons. The molecule has 3 aromatic rings. The Morgan fingerprint density at radius 3 is 2.65 bits per heavy atom. The minimum atomic E-state index is -1.83. The Bertz CT molecular complexity index is 1400. The first-order valence-electron chi connectivity index (χ1n) is 11.9. The van der Waals surface area contributed by atoms with Gasteiger partial charge in [0.1, 0.15) is 11.5 Å². The summed E-state index contributed by atoms with van der Waals surface area (Å²) in [5.41, 5.74) is 6.31. The van der Waals surface area contributed by atoms with Crippen LogP contribution in [0.5, 0.6) is 0 Å². The van der Waals surface area contributed by atoms with Gasteiger partial charge >= 0.3 is 0 Å². The topological polar surface area (TPSA) is 107 Å². The molecule has 1 aliphatic rings. The minimum absolute atomic E-state index is 0.0231. The molecule has 4 N–H and O–H groups in total. The number of nitrogens with one attached hydrogen (secondary N) is 2. The number of allylic oxidation sites excluding steroid dienone is 4. The molecule has 8 nitrogen and oxygen atoms in total. The molecule has 10 heteroatoms. The second-order valence-corrected chi connectivity index (χ2v) is 9.59. The Morgan fingerprint density at radius 2 is 1.95 bits per heavy atom. The summed E-state index contributed by atoms with van der Waals surface area (Å²) in [4.78, 5) is 29.3. The maximum Gasteiger partial charge on any atom is 0.258 e. The number of hydrogen-bond acceptors (Lipinski definition) is 5. The van der Waals surface area contributed by atoms with E-state index in [1.165, 1.54) is 24.3 Å². The van der Waals surface area contributed by atoms with Crippen LogP contribution in [-0.2, 0) is 6.42 Å². The third-order valence-electron chi connectivity index (χ3n) is 6.26. The first-order valence-corrected chi connectivity index (χ1v) is 11.9. The minimum Gasteiger partial charge on any atom is -0.398 e. The first-order chi connectivity index (χ1) is 17.5. The highest BCUT2D eigenvalue weighted by Gasteiger charge is 2.29. The number of nitrogens with zero attached hydrogens (tertiary/aromatic N) is 3. The molecule has 0 saturated carbocycles. The molecule has 194 valence electrons. The average Bonchev–Trinajstić information content (AvgIpc) is 3.23. The van der Waals surface area contributed by atoms with Crippen molar-refractivity contribution in [1.29, 1.82) is 0 Å². The molecular weight excluding hydrogens is 478 g/mol. The van der Waals surface area contributed by atoms with Crippen LogP contribution < -0.4 is 11.1 Å². The van der Waals surface area contributed by atoms with Crippen LogP contribution in [-0.4, -0.2) is 71.7 Å². The number of rotatable bonds is 8. The van der Waals surface area contributed by atoms with Gasteiger partial charge in [0.25, 0.3) is 11.8 Å². The van der Waals surface area contributed by atoms with Gasteiger partial charge in [-0.3, -0.25) is 14.7 Å². The number of carbonyl (C=O) groups excluding carboxylic acids is 2. The van der Waals surface area contributed by atoms with Crippen molar-refractivity contribution >= 4 is 34.2 Å². The van der Waals surface area contributed by atoms with E-state index in [9.17, 15) is 14.0 Å². The summed E-state index contributed by atoms with van der Waals surface area (Å²) in [6.07, 6.45) is 3.78. The number of alkyl halides is 1. The number of aromatic amines is 1. The standard InChI is InChI=1S/C27H30F2N6O2/c1-34(2)11-12-35(3)26(37)18-7-8-20(22(30)14-18)25(36)31-24-21-13-17(6-9-23(21)32-33-24)15-27(29)10-4-5-19(28)16-27/h4-9,13-14,16H,10-12,15,30H2,1-3H3,(H2,31,32,33,36). The lowest BCUT2D eigenvalue weighted by Crippen LogP contribution is -2.33. The van der Waals surface area contributed by atoms with Crippen LogP contribution in [0.15, 0.2) is 60.5 Å². The molecule has 0 spiro atoms. The van der Waals surface area contributed by atoms with E-state index in [4.69, 9.17) is 5.73 Å². The van der Waals surface area contributed by atoms with Crippen LogP contribution in [0, 0.1) is 0 Å². The molecule has 4 rings (SSSR count). The number of H-pyrrole nitrogens is 1. The highest BCUT2D eigenvalue weighted by Crippen LogP contribution is 2.32. The molecule has 0 bridgehead atoms. The summed E-state index contributed by atoms with van der Waals surface area (Å²) in [6, 6.07) is 9.73. The second-order valence-electron chi connectivity index (χ2n) is 9.59. The fourth-order valence-corrected chi connectivity index (χ4v) is 4.20. The zero-order valence-corrected chi connectivity index (χ0v) is 21.0. The molecular formula is C27H30F2N6O2. The number of nitrogen functional groups attached to an aromatic ring is 1. The highest BCUT2D eigenvalue weighted by molar-refractivity contribution is 6.11. The SMILES string of the molecule is CN(C)CCN(C)C(=O)c1ccc(C(=O)Nc2n[nH]c3ccc(CC4(F)C=C(F)C=CC4)cc23)c(N)c1. The van der Waals surface area contributed by atoms with E-state index in [1.54, 1.807) is 36.2 Å². The predicted molar refractivity (Wildman–Crippen MR) is 141 cm³/mol. The number of anilines is 2. The van der Waals surface area contributed by atoms with Crippen LogP contribution in [0.25, 0.3) is 10.9 Å². The van der Waals surface area contributed by atoms with Crippen molar-refractivity contribution < 1.29 is 18.4 Å². The molecule has 1 atom stereocenters. The Kier molecular flexibility index (Phi) is 7.40. The zero-order chi connectivity index (χ0) is 26.7. The molecule has 2 aromatic carbocycles. The Balaban J connectivity index is 1.50. The van der Waals surface area contributed by atoms with Crippen LogP contribution in [0.2, 0.25) is 0 Å². The van der Waals surface area contributed by atoms with Gasteiger partial charge in [0.2, 0.25) is 0 Å². The summed E-state index contributed by atoms with van der Waals surface area (Å²) in [7, 11) is 5.57. The summed E-state index contributed by atoms with van der Waals surface area (Å²) < 4.78 is 28.7. The summed E-state index contributed by atoms with van der Waals surface area (Å²) >= 11 is 0. The zero-order valence-electron chi connectivity index (χ0n) is 21.0. The van der Waals surface area contributed by atoms with E-state index < -0.39 is 17.4 Å². The Hall–Kier alpha value is -4.05. The van der Waals surface area contributed by atoms with E-state index in [2.05, 4.69) is 15.5 Å². The molecule has 1 aliphatic carbocycles. The molecule has 37 heavy (non-hydrogen) atoms. The highest BCUT2D eigenvalue weighted by atomic mass is 19.1. The van der Waals surface area contributed by atoms with E-state index in [0.29, 0.717) is 35.1 Å². The van der Waals surface area contributed by atoms with Gasteiger partial charge in [0.05, 0.1) is 11.1 Å². The normalized spacial score (nSPS) is 17.2. The molecule has 1 aromatic heterocycles.